The van der Waals surface area contributed by atoms with E-state index >= 15 is 0 Å². The van der Waals surface area contributed by atoms with Crippen molar-refractivity contribution in [1.29, 1.82) is 0 Å². The van der Waals surface area contributed by atoms with Crippen LogP contribution in [0, 0.1) is 0 Å². The Hall–Kier alpha value is -2.33. The maximum Gasteiger partial charge on any atom is 0.273 e. The number of nitrogens with zero attached hydrogens (tertiary/aromatic N) is 4. The van der Waals surface area contributed by atoms with Crippen LogP contribution in [0.5, 0.6) is 0 Å². The summed E-state index contributed by atoms with van der Waals surface area (Å²) in [6.45, 7) is 8.82. The van der Waals surface area contributed by atoms with Gasteiger partial charge < -0.3 is 19.5 Å². The zero-order valence-electron chi connectivity index (χ0n) is 17.7. The molecule has 164 valence electrons. The summed E-state index contributed by atoms with van der Waals surface area (Å²) in [4.78, 5) is 15.0. The van der Waals surface area contributed by atoms with E-state index in [1.165, 1.54) is 5.56 Å². The van der Waals surface area contributed by atoms with Gasteiger partial charge in [-0.1, -0.05) is 35.5 Å². The molecule has 30 heavy (non-hydrogen) atoms. The summed E-state index contributed by atoms with van der Waals surface area (Å²) in [7, 11) is 0. The summed E-state index contributed by atoms with van der Waals surface area (Å²) in [5.74, 6) is -0.250. The number of carbonyl (C=O) groups excluding carboxylic acids is 1. The predicted molar refractivity (Wildman–Crippen MR) is 111 cm³/mol. The highest BCUT2D eigenvalue weighted by Gasteiger charge is 2.24. The molecule has 1 aliphatic heterocycles. The Morgan fingerprint density at radius 1 is 1.17 bits per heavy atom. The highest BCUT2D eigenvalue weighted by molar-refractivity contribution is 5.91. The maximum atomic E-state index is 12.7. The van der Waals surface area contributed by atoms with Crippen LogP contribution >= 0.6 is 0 Å². The van der Waals surface area contributed by atoms with Crippen LogP contribution in [0.4, 0.5) is 0 Å². The number of rotatable bonds is 11. The number of nitrogens with one attached hydrogen (secondary N) is 1. The van der Waals surface area contributed by atoms with Crippen molar-refractivity contribution in [1.82, 2.24) is 25.2 Å². The molecular formula is C21H31N5O4. The predicted octanol–water partition coefficient (Wildman–Crippen LogP) is 1.48. The van der Waals surface area contributed by atoms with Crippen molar-refractivity contribution in [3.8, 4) is 0 Å². The number of morpholine rings is 1. The Bertz CT molecular complexity index is 758. The third-order valence-electron chi connectivity index (χ3n) is 4.94. The SMILES string of the molecule is CCOC(Cn1cc(C(=O)NCC(c2ccccc2)N2CCOCC2)nn1)OCC. The smallest absolute Gasteiger partial charge is 0.273 e. The average molecular weight is 418 g/mol. The molecule has 1 unspecified atom stereocenters. The Kier molecular flexibility index (Phi) is 8.76. The van der Waals surface area contributed by atoms with Gasteiger partial charge in [-0.3, -0.25) is 9.69 Å². The molecule has 2 aromatic rings. The standard InChI is InChI=1S/C21H31N5O4/c1-3-29-20(30-4-2)16-26-15-18(23-24-26)21(27)22-14-19(17-8-6-5-7-9-17)25-10-12-28-13-11-25/h5-9,15,19-20H,3-4,10-14,16H2,1-2H3,(H,22,27). The molecule has 9 nitrogen and oxygen atoms in total. The van der Waals surface area contributed by atoms with Crippen molar-refractivity contribution in [2.75, 3.05) is 46.1 Å². The second-order valence-electron chi connectivity index (χ2n) is 6.95. The van der Waals surface area contributed by atoms with Gasteiger partial charge in [0.15, 0.2) is 12.0 Å². The molecule has 2 heterocycles. The van der Waals surface area contributed by atoms with E-state index in [1.54, 1.807) is 10.9 Å². The van der Waals surface area contributed by atoms with E-state index in [4.69, 9.17) is 14.2 Å². The normalized spacial score (nSPS) is 16.0. The average Bonchev–Trinajstić information content (AvgIpc) is 3.24. The molecule has 1 atom stereocenters. The fourth-order valence-electron chi connectivity index (χ4n) is 3.47. The van der Waals surface area contributed by atoms with Crippen molar-refractivity contribution in [3.63, 3.8) is 0 Å². The van der Waals surface area contributed by atoms with Crippen LogP contribution in [0.2, 0.25) is 0 Å². The van der Waals surface area contributed by atoms with Gasteiger partial charge in [0.2, 0.25) is 0 Å². The minimum absolute atomic E-state index is 0.0781. The maximum absolute atomic E-state index is 12.7. The zero-order chi connectivity index (χ0) is 21.2. The molecule has 1 aliphatic rings. The largest absolute Gasteiger partial charge is 0.379 e. The summed E-state index contributed by atoms with van der Waals surface area (Å²) in [5.41, 5.74) is 1.44. The number of hydrogen-bond donors (Lipinski definition) is 1. The molecule has 1 fully saturated rings. The van der Waals surface area contributed by atoms with E-state index in [2.05, 4.69) is 32.7 Å². The topological polar surface area (TPSA) is 90.7 Å². The van der Waals surface area contributed by atoms with Crippen LogP contribution in [-0.4, -0.2) is 78.2 Å². The van der Waals surface area contributed by atoms with Crippen LogP contribution in [0.25, 0.3) is 0 Å². The first-order chi connectivity index (χ1) is 14.7. The number of benzene rings is 1. The molecule has 1 saturated heterocycles. The first-order valence-electron chi connectivity index (χ1n) is 10.5. The van der Waals surface area contributed by atoms with Crippen LogP contribution in [-0.2, 0) is 20.8 Å². The van der Waals surface area contributed by atoms with Gasteiger partial charge >= 0.3 is 0 Å². The van der Waals surface area contributed by atoms with E-state index in [-0.39, 0.29) is 17.6 Å². The van der Waals surface area contributed by atoms with E-state index in [0.717, 1.165) is 13.1 Å². The van der Waals surface area contributed by atoms with Crippen LogP contribution in [0.1, 0.15) is 35.9 Å². The van der Waals surface area contributed by atoms with E-state index < -0.39 is 6.29 Å². The van der Waals surface area contributed by atoms with Crippen molar-refractivity contribution >= 4 is 5.91 Å². The van der Waals surface area contributed by atoms with E-state index in [9.17, 15) is 4.79 Å². The Morgan fingerprint density at radius 3 is 2.53 bits per heavy atom. The zero-order valence-corrected chi connectivity index (χ0v) is 17.7. The molecule has 9 heteroatoms. The highest BCUT2D eigenvalue weighted by atomic mass is 16.7. The van der Waals surface area contributed by atoms with E-state index in [0.29, 0.717) is 39.5 Å². The molecule has 1 aromatic heterocycles. The van der Waals surface area contributed by atoms with Gasteiger partial charge in [-0.15, -0.1) is 5.10 Å². The summed E-state index contributed by atoms with van der Waals surface area (Å²) in [5, 5.41) is 11.1. The molecule has 0 radical (unpaired) electrons. The second kappa shape index (κ2) is 11.8. The Morgan fingerprint density at radius 2 is 1.87 bits per heavy atom. The van der Waals surface area contributed by atoms with Crippen LogP contribution < -0.4 is 5.32 Å². The van der Waals surface area contributed by atoms with Crippen LogP contribution in [0.3, 0.4) is 0 Å². The monoisotopic (exact) mass is 417 g/mol. The third kappa shape index (κ3) is 6.33. The number of hydrogen-bond acceptors (Lipinski definition) is 7. The minimum Gasteiger partial charge on any atom is -0.379 e. The van der Waals surface area contributed by atoms with E-state index in [1.807, 2.05) is 32.0 Å². The lowest BCUT2D eigenvalue weighted by molar-refractivity contribution is -0.145. The van der Waals surface area contributed by atoms with Crippen molar-refractivity contribution in [2.45, 2.75) is 32.7 Å². The number of ether oxygens (including phenoxy) is 3. The number of amides is 1. The molecule has 0 saturated carbocycles. The van der Waals surface area contributed by atoms with Gasteiger partial charge in [-0.2, -0.15) is 0 Å². The summed E-state index contributed by atoms with van der Waals surface area (Å²) < 4.78 is 18.1. The summed E-state index contributed by atoms with van der Waals surface area (Å²) in [6, 6.07) is 10.3. The summed E-state index contributed by atoms with van der Waals surface area (Å²) in [6.07, 6.45) is 1.20. The molecule has 0 aliphatic carbocycles. The Labute approximate surface area is 177 Å². The quantitative estimate of drug-likeness (QED) is 0.554. The van der Waals surface area contributed by atoms with Crippen LogP contribution in [0.15, 0.2) is 36.5 Å². The first kappa shape index (κ1) is 22.4. The molecule has 3 rings (SSSR count). The number of aromatic nitrogens is 3. The van der Waals surface area contributed by atoms with Crippen molar-refractivity contribution in [2.24, 2.45) is 0 Å². The van der Waals surface area contributed by atoms with Crippen molar-refractivity contribution in [3.05, 3.63) is 47.8 Å². The molecule has 1 aromatic carbocycles. The fraction of sp³-hybridized carbons (Fsp3) is 0.571. The molecule has 0 spiro atoms. The molecule has 0 bridgehead atoms. The van der Waals surface area contributed by atoms with Gasteiger partial charge in [-0.05, 0) is 19.4 Å². The van der Waals surface area contributed by atoms with Crippen molar-refractivity contribution < 1.29 is 19.0 Å². The fourth-order valence-corrected chi connectivity index (χ4v) is 3.47. The Balaban J connectivity index is 1.60. The lowest BCUT2D eigenvalue weighted by atomic mass is 10.0. The lowest BCUT2D eigenvalue weighted by Gasteiger charge is -2.34. The lowest BCUT2D eigenvalue weighted by Crippen LogP contribution is -2.43. The second-order valence-corrected chi connectivity index (χ2v) is 6.95. The molecule has 1 N–H and O–H groups in total. The van der Waals surface area contributed by atoms with Gasteiger partial charge in [0.25, 0.3) is 5.91 Å². The molecular weight excluding hydrogens is 386 g/mol. The molecule has 1 amide bonds. The third-order valence-corrected chi connectivity index (χ3v) is 4.94. The highest BCUT2D eigenvalue weighted by Crippen LogP contribution is 2.21. The van der Waals surface area contributed by atoms with Gasteiger partial charge in [-0.25, -0.2) is 4.68 Å². The number of carbonyl (C=O) groups is 1. The summed E-state index contributed by atoms with van der Waals surface area (Å²) >= 11 is 0. The van der Waals surface area contributed by atoms with Gasteiger partial charge in [0.1, 0.15) is 0 Å². The first-order valence-corrected chi connectivity index (χ1v) is 10.5. The van der Waals surface area contributed by atoms with Gasteiger partial charge in [0, 0.05) is 32.8 Å². The minimum atomic E-state index is -0.415. The van der Waals surface area contributed by atoms with Gasteiger partial charge in [0.05, 0.1) is 32.0 Å².